The number of H-pyrrole nitrogens is 1. The molecule has 2 aliphatic carbocycles. The SMILES string of the molecule is C[C@@H]1CCCC[C@H]1N(C)C(=O)COC(=O)c1cc2c([nH]c1=O)CCC2. The fraction of sp³-hybridized carbons (Fsp3) is 0.632. The second-order valence-electron chi connectivity index (χ2n) is 7.28. The number of aromatic amines is 1. The van der Waals surface area contributed by atoms with E-state index in [0.29, 0.717) is 5.92 Å². The standard InChI is InChI=1S/C19H26N2O4/c1-12-6-3-4-9-16(12)21(2)17(22)11-25-19(24)14-10-13-7-5-8-15(13)20-18(14)23/h10,12,16H,3-9,11H2,1-2H3,(H,20,23)/t12-,16-/m1/s1. The molecule has 1 fully saturated rings. The molecule has 0 saturated heterocycles. The number of likely N-dealkylation sites (N-methyl/N-ethyl adjacent to an activating group) is 1. The zero-order chi connectivity index (χ0) is 18.0. The summed E-state index contributed by atoms with van der Waals surface area (Å²) in [6.45, 7) is 1.83. The van der Waals surface area contributed by atoms with Crippen LogP contribution in [-0.2, 0) is 22.4 Å². The number of esters is 1. The van der Waals surface area contributed by atoms with Crippen LogP contribution in [0.25, 0.3) is 0 Å². The van der Waals surface area contributed by atoms with Crippen LogP contribution in [0, 0.1) is 5.92 Å². The van der Waals surface area contributed by atoms with Gasteiger partial charge in [-0.3, -0.25) is 9.59 Å². The fourth-order valence-corrected chi connectivity index (χ4v) is 4.03. The van der Waals surface area contributed by atoms with Crippen molar-refractivity contribution in [3.8, 4) is 0 Å². The normalized spacial score (nSPS) is 22.3. The van der Waals surface area contributed by atoms with Gasteiger partial charge in [0, 0.05) is 18.8 Å². The number of hydrogen-bond donors (Lipinski definition) is 1. The highest BCUT2D eigenvalue weighted by molar-refractivity contribution is 5.91. The zero-order valence-corrected chi connectivity index (χ0v) is 15.0. The highest BCUT2D eigenvalue weighted by Gasteiger charge is 2.28. The number of pyridine rings is 1. The second-order valence-corrected chi connectivity index (χ2v) is 7.28. The number of rotatable bonds is 4. The van der Waals surface area contributed by atoms with E-state index in [1.165, 1.54) is 6.42 Å². The topological polar surface area (TPSA) is 79.5 Å². The molecule has 1 N–H and O–H groups in total. The first-order chi connectivity index (χ1) is 12.0. The van der Waals surface area contributed by atoms with E-state index in [0.717, 1.165) is 49.8 Å². The maximum absolute atomic E-state index is 12.4. The Morgan fingerprint density at radius 1 is 1.24 bits per heavy atom. The van der Waals surface area contributed by atoms with Gasteiger partial charge in [-0.25, -0.2) is 4.79 Å². The Morgan fingerprint density at radius 2 is 2.00 bits per heavy atom. The van der Waals surface area contributed by atoms with Gasteiger partial charge < -0.3 is 14.6 Å². The van der Waals surface area contributed by atoms with E-state index in [9.17, 15) is 14.4 Å². The lowest BCUT2D eigenvalue weighted by atomic mass is 9.85. The van der Waals surface area contributed by atoms with Crippen molar-refractivity contribution in [2.75, 3.05) is 13.7 Å². The van der Waals surface area contributed by atoms with Crippen LogP contribution in [0.15, 0.2) is 10.9 Å². The van der Waals surface area contributed by atoms with E-state index in [1.807, 2.05) is 0 Å². The molecule has 136 valence electrons. The number of aromatic nitrogens is 1. The number of aryl methyl sites for hydroxylation is 2. The van der Waals surface area contributed by atoms with E-state index >= 15 is 0 Å². The van der Waals surface area contributed by atoms with Gasteiger partial charge in [-0.2, -0.15) is 0 Å². The molecule has 0 spiro atoms. The predicted octanol–water partition coefficient (Wildman–Crippen LogP) is 2.06. The summed E-state index contributed by atoms with van der Waals surface area (Å²) in [5.74, 6) is -0.489. The van der Waals surface area contributed by atoms with Crippen LogP contribution in [-0.4, -0.2) is 41.5 Å². The molecule has 6 nitrogen and oxygen atoms in total. The number of fused-ring (bicyclic) bond motifs is 1. The molecule has 25 heavy (non-hydrogen) atoms. The molecule has 1 saturated carbocycles. The number of nitrogens with one attached hydrogen (secondary N) is 1. The van der Waals surface area contributed by atoms with E-state index in [-0.39, 0.29) is 24.1 Å². The van der Waals surface area contributed by atoms with E-state index in [2.05, 4.69) is 11.9 Å². The summed E-state index contributed by atoms with van der Waals surface area (Å²) in [4.78, 5) is 41.1. The summed E-state index contributed by atoms with van der Waals surface area (Å²) in [6, 6.07) is 1.81. The van der Waals surface area contributed by atoms with Crippen LogP contribution in [0.1, 0.15) is 60.6 Å². The molecule has 0 aromatic carbocycles. The molecular formula is C19H26N2O4. The minimum absolute atomic E-state index is 0.0119. The summed E-state index contributed by atoms with van der Waals surface area (Å²) in [7, 11) is 1.77. The lowest BCUT2D eigenvalue weighted by Gasteiger charge is -2.36. The monoisotopic (exact) mass is 346 g/mol. The number of nitrogens with zero attached hydrogens (tertiary/aromatic N) is 1. The van der Waals surface area contributed by atoms with Crippen LogP contribution >= 0.6 is 0 Å². The fourth-order valence-electron chi connectivity index (χ4n) is 4.03. The minimum atomic E-state index is -0.727. The van der Waals surface area contributed by atoms with Crippen molar-refractivity contribution in [1.82, 2.24) is 9.88 Å². The van der Waals surface area contributed by atoms with Crippen molar-refractivity contribution in [1.29, 1.82) is 0 Å². The average molecular weight is 346 g/mol. The molecule has 0 aliphatic heterocycles. The van der Waals surface area contributed by atoms with Gasteiger partial charge in [-0.15, -0.1) is 0 Å². The van der Waals surface area contributed by atoms with Gasteiger partial charge in [0.2, 0.25) is 0 Å². The number of amides is 1. The largest absolute Gasteiger partial charge is 0.452 e. The van der Waals surface area contributed by atoms with Gasteiger partial charge in [-0.1, -0.05) is 19.8 Å². The van der Waals surface area contributed by atoms with Crippen LogP contribution < -0.4 is 5.56 Å². The van der Waals surface area contributed by atoms with Crippen LogP contribution in [0.5, 0.6) is 0 Å². The Labute approximate surface area is 147 Å². The van der Waals surface area contributed by atoms with E-state index in [4.69, 9.17) is 4.74 Å². The van der Waals surface area contributed by atoms with Gasteiger partial charge >= 0.3 is 5.97 Å². The Bertz CT molecular complexity index is 725. The Kier molecular flexibility index (Phi) is 5.25. The molecule has 0 bridgehead atoms. The number of hydrogen-bond acceptors (Lipinski definition) is 4. The molecular weight excluding hydrogens is 320 g/mol. The van der Waals surface area contributed by atoms with Crippen molar-refractivity contribution >= 4 is 11.9 Å². The first kappa shape index (κ1) is 17.7. The van der Waals surface area contributed by atoms with Crippen molar-refractivity contribution in [2.45, 2.75) is 57.9 Å². The summed E-state index contributed by atoms with van der Waals surface area (Å²) in [6.07, 6.45) is 7.10. The van der Waals surface area contributed by atoms with Crippen molar-refractivity contribution < 1.29 is 14.3 Å². The van der Waals surface area contributed by atoms with Crippen LogP contribution in [0.2, 0.25) is 0 Å². The number of carbonyl (C=O) groups is 2. The Hall–Kier alpha value is -2.11. The number of carbonyl (C=O) groups excluding carboxylic acids is 2. The average Bonchev–Trinajstić information content (AvgIpc) is 3.05. The first-order valence-electron chi connectivity index (χ1n) is 9.15. The lowest BCUT2D eigenvalue weighted by Crippen LogP contribution is -2.44. The molecule has 2 atom stereocenters. The molecule has 2 aliphatic rings. The maximum atomic E-state index is 12.4. The summed E-state index contributed by atoms with van der Waals surface area (Å²) in [5, 5.41) is 0. The van der Waals surface area contributed by atoms with Crippen molar-refractivity contribution in [3.05, 3.63) is 33.2 Å². The molecule has 0 radical (unpaired) electrons. The quantitative estimate of drug-likeness (QED) is 0.846. The van der Waals surface area contributed by atoms with Crippen molar-refractivity contribution in [3.63, 3.8) is 0 Å². The molecule has 1 heterocycles. The smallest absolute Gasteiger partial charge is 0.344 e. The van der Waals surface area contributed by atoms with Gasteiger partial charge in [-0.05, 0) is 49.7 Å². The summed E-state index contributed by atoms with van der Waals surface area (Å²) < 4.78 is 5.13. The molecule has 1 amide bonds. The van der Waals surface area contributed by atoms with E-state index in [1.54, 1.807) is 18.0 Å². The van der Waals surface area contributed by atoms with Gasteiger partial charge in [0.15, 0.2) is 6.61 Å². The molecule has 1 aromatic rings. The van der Waals surface area contributed by atoms with E-state index < -0.39 is 11.5 Å². The Morgan fingerprint density at radius 3 is 2.76 bits per heavy atom. The molecule has 1 aromatic heterocycles. The third-order valence-electron chi connectivity index (χ3n) is 5.59. The van der Waals surface area contributed by atoms with Gasteiger partial charge in [0.05, 0.1) is 0 Å². The minimum Gasteiger partial charge on any atom is -0.452 e. The predicted molar refractivity (Wildman–Crippen MR) is 93.6 cm³/mol. The first-order valence-corrected chi connectivity index (χ1v) is 9.15. The molecule has 3 rings (SSSR count). The number of ether oxygens (including phenoxy) is 1. The molecule has 6 heteroatoms. The summed E-state index contributed by atoms with van der Waals surface area (Å²) >= 11 is 0. The van der Waals surface area contributed by atoms with Gasteiger partial charge in [0.25, 0.3) is 11.5 Å². The maximum Gasteiger partial charge on any atom is 0.344 e. The van der Waals surface area contributed by atoms with Crippen molar-refractivity contribution in [2.24, 2.45) is 5.92 Å². The second kappa shape index (κ2) is 7.42. The third-order valence-corrected chi connectivity index (χ3v) is 5.59. The van der Waals surface area contributed by atoms with Gasteiger partial charge in [0.1, 0.15) is 5.56 Å². The Balaban J connectivity index is 1.60. The summed E-state index contributed by atoms with van der Waals surface area (Å²) in [5.41, 5.74) is 1.45. The third kappa shape index (κ3) is 3.78. The van der Waals surface area contributed by atoms with Crippen LogP contribution in [0.4, 0.5) is 0 Å². The lowest BCUT2D eigenvalue weighted by molar-refractivity contribution is -0.136. The zero-order valence-electron chi connectivity index (χ0n) is 15.0. The highest BCUT2D eigenvalue weighted by Crippen LogP contribution is 2.27. The van der Waals surface area contributed by atoms with Crippen LogP contribution in [0.3, 0.4) is 0 Å². The molecule has 0 unspecified atom stereocenters. The highest BCUT2D eigenvalue weighted by atomic mass is 16.5.